The lowest BCUT2D eigenvalue weighted by Crippen LogP contribution is -1.90. The maximum Gasteiger partial charge on any atom is 0.158 e. The minimum atomic E-state index is -0.176. The van der Waals surface area contributed by atoms with E-state index in [0.717, 1.165) is 5.69 Å². The summed E-state index contributed by atoms with van der Waals surface area (Å²) in [5.74, 6) is -0.330. The van der Waals surface area contributed by atoms with Gasteiger partial charge in [-0.1, -0.05) is 11.6 Å². The maximum absolute atomic E-state index is 9.30. The third-order valence-corrected chi connectivity index (χ3v) is 2.50. The first kappa shape index (κ1) is 12.3. The van der Waals surface area contributed by atoms with Crippen molar-refractivity contribution in [1.82, 2.24) is 0 Å². The van der Waals surface area contributed by atoms with E-state index in [1.54, 1.807) is 30.3 Å². The molecular formula is C13H11ClN2O2. The van der Waals surface area contributed by atoms with Crippen molar-refractivity contribution in [3.63, 3.8) is 0 Å². The Bertz CT molecular complexity index is 568. The van der Waals surface area contributed by atoms with Gasteiger partial charge >= 0.3 is 0 Å². The summed E-state index contributed by atoms with van der Waals surface area (Å²) in [6, 6.07) is 11.6. The number of halogens is 1. The third-order valence-electron chi connectivity index (χ3n) is 2.25. The van der Waals surface area contributed by atoms with Gasteiger partial charge < -0.3 is 10.2 Å². The van der Waals surface area contributed by atoms with Gasteiger partial charge in [0.25, 0.3) is 0 Å². The number of hydrogen-bond acceptors (Lipinski definition) is 4. The van der Waals surface area contributed by atoms with Crippen LogP contribution in [-0.4, -0.2) is 16.4 Å². The van der Waals surface area contributed by atoms with E-state index in [4.69, 9.17) is 16.7 Å². The lowest BCUT2D eigenvalue weighted by atomic mass is 10.2. The number of anilines is 1. The number of phenolic OH excluding ortho intramolecular Hbond substituents is 2. The van der Waals surface area contributed by atoms with Gasteiger partial charge in [0.15, 0.2) is 11.5 Å². The second-order valence-corrected chi connectivity index (χ2v) is 4.06. The van der Waals surface area contributed by atoms with Gasteiger partial charge in [-0.15, -0.1) is 0 Å². The molecule has 0 aliphatic heterocycles. The lowest BCUT2D eigenvalue weighted by molar-refractivity contribution is 0.403. The van der Waals surface area contributed by atoms with E-state index < -0.39 is 0 Å². The number of hydrogen-bond donors (Lipinski definition) is 3. The summed E-state index contributed by atoms with van der Waals surface area (Å²) in [6.07, 6.45) is 1.54. The van der Waals surface area contributed by atoms with E-state index in [2.05, 4.69) is 10.5 Å². The number of nitrogens with one attached hydrogen (secondary N) is 1. The highest BCUT2D eigenvalue weighted by atomic mass is 35.5. The van der Waals surface area contributed by atoms with E-state index in [-0.39, 0.29) is 11.5 Å². The van der Waals surface area contributed by atoms with Crippen LogP contribution in [0.5, 0.6) is 11.5 Å². The van der Waals surface area contributed by atoms with E-state index >= 15 is 0 Å². The molecule has 18 heavy (non-hydrogen) atoms. The minimum absolute atomic E-state index is 0.155. The van der Waals surface area contributed by atoms with Gasteiger partial charge in [0.05, 0.1) is 11.9 Å². The molecule has 0 fully saturated rings. The standard InChI is InChI=1S/C13H11ClN2O2/c14-10-2-4-11(5-3-10)16-15-8-9-1-6-12(17)13(18)7-9/h1-8,16-18H/b15-8+. The predicted molar refractivity (Wildman–Crippen MR) is 72.4 cm³/mol. The molecule has 4 nitrogen and oxygen atoms in total. The molecule has 0 unspecified atom stereocenters. The Kier molecular flexibility index (Phi) is 3.69. The molecular weight excluding hydrogens is 252 g/mol. The maximum atomic E-state index is 9.30. The molecule has 0 aromatic heterocycles. The van der Waals surface area contributed by atoms with Crippen molar-refractivity contribution >= 4 is 23.5 Å². The molecule has 0 saturated carbocycles. The molecule has 2 rings (SSSR count). The van der Waals surface area contributed by atoms with Gasteiger partial charge in [-0.2, -0.15) is 5.10 Å². The second-order valence-electron chi connectivity index (χ2n) is 3.63. The number of aromatic hydroxyl groups is 2. The molecule has 2 aromatic rings. The van der Waals surface area contributed by atoms with Crippen LogP contribution in [0.2, 0.25) is 5.02 Å². The van der Waals surface area contributed by atoms with Crippen molar-refractivity contribution in [1.29, 1.82) is 0 Å². The van der Waals surface area contributed by atoms with E-state index in [0.29, 0.717) is 10.6 Å². The number of phenols is 2. The molecule has 0 heterocycles. The van der Waals surface area contributed by atoms with Crippen molar-refractivity contribution in [2.75, 3.05) is 5.43 Å². The average molecular weight is 263 g/mol. The Balaban J connectivity index is 2.02. The highest BCUT2D eigenvalue weighted by molar-refractivity contribution is 6.30. The van der Waals surface area contributed by atoms with Crippen LogP contribution in [-0.2, 0) is 0 Å². The van der Waals surface area contributed by atoms with Gasteiger partial charge in [-0.05, 0) is 48.0 Å². The summed E-state index contributed by atoms with van der Waals surface area (Å²) < 4.78 is 0. The van der Waals surface area contributed by atoms with E-state index in [1.165, 1.54) is 18.3 Å². The van der Waals surface area contributed by atoms with Crippen molar-refractivity contribution in [2.45, 2.75) is 0 Å². The first-order valence-corrected chi connectivity index (χ1v) is 5.59. The Morgan fingerprint density at radius 1 is 1.00 bits per heavy atom. The topological polar surface area (TPSA) is 64.9 Å². The fraction of sp³-hybridized carbons (Fsp3) is 0. The molecule has 0 bridgehead atoms. The van der Waals surface area contributed by atoms with Crippen LogP contribution in [0.4, 0.5) is 5.69 Å². The normalized spacial score (nSPS) is 10.7. The largest absolute Gasteiger partial charge is 0.504 e. The molecule has 0 amide bonds. The van der Waals surface area contributed by atoms with Crippen LogP contribution >= 0.6 is 11.6 Å². The van der Waals surface area contributed by atoms with Crippen LogP contribution in [0, 0.1) is 0 Å². The molecule has 3 N–H and O–H groups in total. The van der Waals surface area contributed by atoms with Crippen LogP contribution in [0.3, 0.4) is 0 Å². The van der Waals surface area contributed by atoms with E-state index in [1.807, 2.05) is 0 Å². The molecule has 0 aliphatic carbocycles. The number of rotatable bonds is 3. The second kappa shape index (κ2) is 5.42. The molecule has 0 aliphatic rings. The number of hydrazone groups is 1. The zero-order valence-electron chi connectivity index (χ0n) is 9.34. The highest BCUT2D eigenvalue weighted by Crippen LogP contribution is 2.24. The van der Waals surface area contributed by atoms with Crippen molar-refractivity contribution in [3.8, 4) is 11.5 Å². The summed E-state index contributed by atoms with van der Waals surface area (Å²) >= 11 is 5.76. The van der Waals surface area contributed by atoms with Crippen molar-refractivity contribution in [2.24, 2.45) is 5.10 Å². The summed E-state index contributed by atoms with van der Waals surface area (Å²) in [4.78, 5) is 0. The Hall–Kier alpha value is -2.20. The summed E-state index contributed by atoms with van der Waals surface area (Å²) in [5, 5.41) is 23.1. The van der Waals surface area contributed by atoms with Crippen LogP contribution < -0.4 is 5.43 Å². The van der Waals surface area contributed by atoms with E-state index in [9.17, 15) is 5.11 Å². The van der Waals surface area contributed by atoms with Crippen LogP contribution in [0.15, 0.2) is 47.6 Å². The quantitative estimate of drug-likeness (QED) is 0.452. The summed E-state index contributed by atoms with van der Waals surface area (Å²) in [5.41, 5.74) is 4.30. The Labute approximate surface area is 109 Å². The molecule has 0 atom stereocenters. The molecule has 92 valence electrons. The van der Waals surface area contributed by atoms with Crippen LogP contribution in [0.1, 0.15) is 5.56 Å². The van der Waals surface area contributed by atoms with Gasteiger partial charge in [0, 0.05) is 5.02 Å². The molecule has 0 radical (unpaired) electrons. The first-order valence-electron chi connectivity index (χ1n) is 5.22. The lowest BCUT2D eigenvalue weighted by Gasteiger charge is -2.00. The molecule has 2 aromatic carbocycles. The van der Waals surface area contributed by atoms with Crippen LogP contribution in [0.25, 0.3) is 0 Å². The van der Waals surface area contributed by atoms with Crippen molar-refractivity contribution < 1.29 is 10.2 Å². The first-order chi connectivity index (χ1) is 8.65. The highest BCUT2D eigenvalue weighted by Gasteiger charge is 1.98. The smallest absolute Gasteiger partial charge is 0.158 e. The third kappa shape index (κ3) is 3.15. The zero-order valence-corrected chi connectivity index (χ0v) is 10.1. The fourth-order valence-electron chi connectivity index (χ4n) is 1.33. The van der Waals surface area contributed by atoms with Crippen molar-refractivity contribution in [3.05, 3.63) is 53.1 Å². The number of nitrogens with zero attached hydrogens (tertiary/aromatic N) is 1. The monoisotopic (exact) mass is 262 g/mol. The molecule has 0 spiro atoms. The fourth-order valence-corrected chi connectivity index (χ4v) is 1.45. The van der Waals surface area contributed by atoms with Gasteiger partial charge in [-0.25, -0.2) is 0 Å². The Morgan fingerprint density at radius 2 is 1.72 bits per heavy atom. The zero-order chi connectivity index (χ0) is 13.0. The summed E-state index contributed by atoms with van der Waals surface area (Å²) in [7, 11) is 0. The minimum Gasteiger partial charge on any atom is -0.504 e. The Morgan fingerprint density at radius 3 is 2.39 bits per heavy atom. The van der Waals surface area contributed by atoms with Gasteiger partial charge in [0.1, 0.15) is 0 Å². The SMILES string of the molecule is Oc1ccc(/C=N/Nc2ccc(Cl)cc2)cc1O. The van der Waals surface area contributed by atoms with Gasteiger partial charge in [0.2, 0.25) is 0 Å². The molecule has 0 saturated heterocycles. The van der Waals surface area contributed by atoms with Gasteiger partial charge in [-0.3, -0.25) is 5.43 Å². The summed E-state index contributed by atoms with van der Waals surface area (Å²) in [6.45, 7) is 0. The molecule has 5 heteroatoms. The average Bonchev–Trinajstić information content (AvgIpc) is 2.36. The number of benzene rings is 2. The predicted octanol–water partition coefficient (Wildman–Crippen LogP) is 3.20.